The molecule has 4 aromatic rings. The molecular weight excluding hydrogens is 428 g/mol. The third kappa shape index (κ3) is 3.75. The second-order valence-corrected chi connectivity index (χ2v) is 7.45. The fourth-order valence-electron chi connectivity index (χ4n) is 2.73. The van der Waals surface area contributed by atoms with E-state index in [1.54, 1.807) is 18.3 Å². The summed E-state index contributed by atoms with van der Waals surface area (Å²) in [4.78, 5) is 8.99. The highest BCUT2D eigenvalue weighted by Crippen LogP contribution is 2.31. The molecule has 3 aromatic carbocycles. The molecule has 0 unspecified atom stereocenters. The van der Waals surface area contributed by atoms with Gasteiger partial charge in [0, 0.05) is 21.8 Å². The van der Waals surface area contributed by atoms with Crippen molar-refractivity contribution in [3.8, 4) is 17.2 Å². The number of rotatable bonds is 3. The van der Waals surface area contributed by atoms with Crippen molar-refractivity contribution in [3.05, 3.63) is 75.2 Å². The van der Waals surface area contributed by atoms with E-state index in [-0.39, 0.29) is 10.8 Å². The smallest absolute Gasteiger partial charge is 0.227 e. The molecule has 1 aromatic heterocycles. The van der Waals surface area contributed by atoms with Gasteiger partial charge in [0.15, 0.2) is 5.58 Å². The molecule has 27 heavy (non-hydrogen) atoms. The molecule has 0 saturated carbocycles. The van der Waals surface area contributed by atoms with Crippen LogP contribution in [0.25, 0.3) is 22.6 Å². The molecule has 0 fully saturated rings. The normalized spacial score (nSPS) is 11.5. The van der Waals surface area contributed by atoms with E-state index in [4.69, 9.17) is 16.0 Å². The number of fused-ring (bicyclic) bond motifs is 1. The average molecular weight is 442 g/mol. The van der Waals surface area contributed by atoms with Gasteiger partial charge in [0.25, 0.3) is 0 Å². The summed E-state index contributed by atoms with van der Waals surface area (Å²) in [7, 11) is 0. The summed E-state index contributed by atoms with van der Waals surface area (Å²) in [6.45, 7) is 2.03. The quantitative estimate of drug-likeness (QED) is 0.361. The van der Waals surface area contributed by atoms with Crippen molar-refractivity contribution < 1.29 is 9.52 Å². The Kier molecular flexibility index (Phi) is 4.72. The summed E-state index contributed by atoms with van der Waals surface area (Å²) >= 11 is 9.34. The Hall–Kier alpha value is -2.63. The number of aromatic hydroxyl groups is 1. The van der Waals surface area contributed by atoms with E-state index < -0.39 is 0 Å². The Balaban J connectivity index is 1.68. The molecule has 0 bridgehead atoms. The summed E-state index contributed by atoms with van der Waals surface area (Å²) in [6.07, 6.45) is 1.56. The third-order valence-corrected chi connectivity index (χ3v) is 4.79. The second-order valence-electron chi connectivity index (χ2n) is 6.12. The van der Waals surface area contributed by atoms with E-state index in [1.165, 1.54) is 0 Å². The SMILES string of the molecule is Cc1cccc(-c2nc3cc(N=Cc4cc(Br)cc(Cl)c4O)ccc3o2)c1. The lowest BCUT2D eigenvalue weighted by Gasteiger charge is -2.02. The van der Waals surface area contributed by atoms with E-state index >= 15 is 0 Å². The number of benzene rings is 3. The van der Waals surface area contributed by atoms with Crippen molar-refractivity contribution in [2.45, 2.75) is 6.92 Å². The molecule has 0 aliphatic carbocycles. The zero-order valence-corrected chi connectivity index (χ0v) is 16.6. The zero-order valence-electron chi connectivity index (χ0n) is 14.3. The van der Waals surface area contributed by atoms with Gasteiger partial charge in [-0.2, -0.15) is 0 Å². The summed E-state index contributed by atoms with van der Waals surface area (Å²) in [5.74, 6) is 0.569. The van der Waals surface area contributed by atoms with Crippen LogP contribution in [0.3, 0.4) is 0 Å². The summed E-state index contributed by atoms with van der Waals surface area (Å²) < 4.78 is 6.62. The van der Waals surface area contributed by atoms with Crippen molar-refractivity contribution in [1.82, 2.24) is 4.98 Å². The van der Waals surface area contributed by atoms with Crippen molar-refractivity contribution >= 4 is 50.5 Å². The molecule has 0 atom stereocenters. The van der Waals surface area contributed by atoms with Crippen LogP contribution in [0.15, 0.2) is 68.5 Å². The molecule has 1 N–H and O–H groups in total. The molecule has 0 radical (unpaired) electrons. The van der Waals surface area contributed by atoms with Gasteiger partial charge in [-0.05, 0) is 49.4 Å². The number of aromatic nitrogens is 1. The fourth-order valence-corrected chi connectivity index (χ4v) is 3.56. The lowest BCUT2D eigenvalue weighted by atomic mass is 10.1. The van der Waals surface area contributed by atoms with Gasteiger partial charge in [-0.25, -0.2) is 4.98 Å². The van der Waals surface area contributed by atoms with Crippen LogP contribution in [-0.4, -0.2) is 16.3 Å². The van der Waals surface area contributed by atoms with Crippen LogP contribution in [0, 0.1) is 6.92 Å². The van der Waals surface area contributed by atoms with E-state index in [2.05, 4.69) is 25.9 Å². The Morgan fingerprint density at radius 2 is 2.00 bits per heavy atom. The maximum atomic E-state index is 10.1. The molecule has 1 heterocycles. The molecule has 0 spiro atoms. The largest absolute Gasteiger partial charge is 0.506 e. The van der Waals surface area contributed by atoms with Gasteiger partial charge in [-0.15, -0.1) is 0 Å². The van der Waals surface area contributed by atoms with Crippen LogP contribution < -0.4 is 0 Å². The molecule has 0 amide bonds. The minimum atomic E-state index is -0.00661. The predicted octanol–water partition coefficient (Wildman–Crippen LogP) is 6.68. The molecule has 6 heteroatoms. The number of aliphatic imine (C=N–C) groups is 1. The van der Waals surface area contributed by atoms with Crippen molar-refractivity contribution in [1.29, 1.82) is 0 Å². The number of halogens is 2. The first-order chi connectivity index (χ1) is 13.0. The Labute approximate surface area is 169 Å². The Bertz CT molecular complexity index is 1180. The Morgan fingerprint density at radius 3 is 2.81 bits per heavy atom. The van der Waals surface area contributed by atoms with Crippen molar-refractivity contribution in [3.63, 3.8) is 0 Å². The maximum absolute atomic E-state index is 10.1. The number of phenolic OH excluding ortho intramolecular Hbond substituents is 1. The number of aryl methyl sites for hydroxylation is 1. The summed E-state index contributed by atoms with van der Waals surface area (Å²) in [6, 6.07) is 16.9. The molecular formula is C21H14BrClN2O2. The van der Waals surface area contributed by atoms with E-state index in [9.17, 15) is 5.11 Å². The topological polar surface area (TPSA) is 58.6 Å². The number of phenols is 1. The Morgan fingerprint density at radius 1 is 1.15 bits per heavy atom. The van der Waals surface area contributed by atoms with Crippen LogP contribution in [-0.2, 0) is 0 Å². The molecule has 0 aliphatic rings. The van der Waals surface area contributed by atoms with Crippen LogP contribution in [0.2, 0.25) is 5.02 Å². The lowest BCUT2D eigenvalue weighted by molar-refractivity contribution is 0.474. The van der Waals surface area contributed by atoms with E-state index in [0.717, 1.165) is 21.1 Å². The highest BCUT2D eigenvalue weighted by molar-refractivity contribution is 9.10. The highest BCUT2D eigenvalue weighted by atomic mass is 79.9. The standard InChI is InChI=1S/C21H14BrClN2O2/c1-12-3-2-4-13(7-12)21-25-18-10-16(5-6-19(18)27-21)24-11-14-8-15(22)9-17(23)20(14)26/h2-11,26H,1H3. The summed E-state index contributed by atoms with van der Waals surface area (Å²) in [5.41, 5.74) is 4.71. The summed E-state index contributed by atoms with van der Waals surface area (Å²) in [5, 5.41) is 10.3. The van der Waals surface area contributed by atoms with E-state index in [1.807, 2.05) is 49.4 Å². The van der Waals surface area contributed by atoms with Crippen LogP contribution >= 0.6 is 27.5 Å². The minimum absolute atomic E-state index is 0.00661. The molecule has 0 saturated heterocycles. The predicted molar refractivity (Wildman–Crippen MR) is 112 cm³/mol. The number of oxazole rings is 1. The van der Waals surface area contributed by atoms with Gasteiger partial charge in [-0.1, -0.05) is 45.2 Å². The second kappa shape index (κ2) is 7.18. The van der Waals surface area contributed by atoms with Gasteiger partial charge in [0.05, 0.1) is 10.7 Å². The monoisotopic (exact) mass is 440 g/mol. The van der Waals surface area contributed by atoms with Gasteiger partial charge in [0.2, 0.25) is 5.89 Å². The van der Waals surface area contributed by atoms with Gasteiger partial charge >= 0.3 is 0 Å². The minimum Gasteiger partial charge on any atom is -0.506 e. The molecule has 4 nitrogen and oxygen atoms in total. The number of hydrogen-bond acceptors (Lipinski definition) is 4. The first kappa shape index (κ1) is 17.8. The van der Waals surface area contributed by atoms with Crippen LogP contribution in [0.5, 0.6) is 5.75 Å². The van der Waals surface area contributed by atoms with Crippen LogP contribution in [0.4, 0.5) is 5.69 Å². The van der Waals surface area contributed by atoms with Gasteiger partial charge in [-0.3, -0.25) is 4.99 Å². The molecule has 0 aliphatic heterocycles. The fraction of sp³-hybridized carbons (Fsp3) is 0.0476. The van der Waals surface area contributed by atoms with Crippen molar-refractivity contribution in [2.24, 2.45) is 4.99 Å². The average Bonchev–Trinajstić information content (AvgIpc) is 3.07. The zero-order chi connectivity index (χ0) is 19.0. The highest BCUT2D eigenvalue weighted by Gasteiger charge is 2.09. The molecule has 134 valence electrons. The first-order valence-electron chi connectivity index (χ1n) is 8.19. The molecule has 4 rings (SSSR count). The third-order valence-electron chi connectivity index (χ3n) is 4.05. The van der Waals surface area contributed by atoms with Crippen LogP contribution in [0.1, 0.15) is 11.1 Å². The van der Waals surface area contributed by atoms with Gasteiger partial charge in [0.1, 0.15) is 11.3 Å². The number of nitrogens with zero attached hydrogens (tertiary/aromatic N) is 2. The number of hydrogen-bond donors (Lipinski definition) is 1. The van der Waals surface area contributed by atoms with Gasteiger partial charge < -0.3 is 9.52 Å². The maximum Gasteiger partial charge on any atom is 0.227 e. The first-order valence-corrected chi connectivity index (χ1v) is 9.36. The lowest BCUT2D eigenvalue weighted by Crippen LogP contribution is -1.84. The van der Waals surface area contributed by atoms with E-state index in [0.29, 0.717) is 22.7 Å². The van der Waals surface area contributed by atoms with Crippen molar-refractivity contribution in [2.75, 3.05) is 0 Å².